The molecule has 2 nitrogen and oxygen atoms in total. The van der Waals surface area contributed by atoms with Crippen molar-refractivity contribution in [1.82, 2.24) is 0 Å². The van der Waals surface area contributed by atoms with Gasteiger partial charge in [-0.2, -0.15) is 0 Å². The van der Waals surface area contributed by atoms with Gasteiger partial charge in [0.15, 0.2) is 0 Å². The van der Waals surface area contributed by atoms with Crippen molar-refractivity contribution in [3.63, 3.8) is 0 Å². The van der Waals surface area contributed by atoms with Gasteiger partial charge in [0, 0.05) is 0 Å². The summed E-state index contributed by atoms with van der Waals surface area (Å²) in [7, 11) is 8.86. The fraction of sp³-hybridized carbons (Fsp3) is 1.00. The monoisotopic (exact) mass is 548 g/mol. The van der Waals surface area contributed by atoms with Crippen molar-refractivity contribution in [2.45, 2.75) is 27.7 Å². The third kappa shape index (κ3) is 11.6. The molecule has 126 valence electrons. The van der Waals surface area contributed by atoms with E-state index in [0.29, 0.717) is 0 Å². The summed E-state index contributed by atoms with van der Waals surface area (Å²) in [5.41, 5.74) is 0. The highest BCUT2D eigenvalue weighted by molar-refractivity contribution is 8.76. The Kier molecular flexibility index (Phi) is 19.8. The van der Waals surface area contributed by atoms with Crippen molar-refractivity contribution in [2.75, 3.05) is 64.9 Å². The topological polar surface area (TPSA) is 0 Å². The second-order valence-electron chi connectivity index (χ2n) is 5.60. The predicted molar refractivity (Wildman–Crippen MR) is 89.2 cm³/mol. The van der Waals surface area contributed by atoms with Crippen LogP contribution in [0, 0.1) is 0 Å². The summed E-state index contributed by atoms with van der Waals surface area (Å²) in [6.07, 6.45) is 0. The van der Waals surface area contributed by atoms with E-state index in [-0.39, 0.29) is 48.0 Å². The van der Waals surface area contributed by atoms with Gasteiger partial charge in [0.25, 0.3) is 0 Å². The minimum atomic E-state index is 0. The number of rotatable bonds is 11. The predicted octanol–water partition coefficient (Wildman–Crippen LogP) is -2.65. The van der Waals surface area contributed by atoms with Gasteiger partial charge in [0.1, 0.15) is 0 Å². The lowest BCUT2D eigenvalue weighted by Crippen LogP contribution is -3.00. The number of hydrogen-bond acceptors (Lipinski definition) is 2. The Hall–Kier alpha value is 2.08. The molecule has 0 rings (SSSR count). The van der Waals surface area contributed by atoms with Crippen LogP contribution in [0.5, 0.6) is 0 Å². The zero-order valence-corrected chi connectivity index (χ0v) is 20.1. The van der Waals surface area contributed by atoms with Crippen molar-refractivity contribution < 1.29 is 56.9 Å². The maximum Gasteiger partial charge on any atom is 0.0884 e. The van der Waals surface area contributed by atoms with Gasteiger partial charge in [0.2, 0.25) is 0 Å². The first kappa shape index (κ1) is 27.0. The molecule has 0 aliphatic carbocycles. The van der Waals surface area contributed by atoms with E-state index in [1.807, 2.05) is 0 Å². The van der Waals surface area contributed by atoms with Gasteiger partial charge in [0.05, 0.1) is 64.9 Å². The van der Waals surface area contributed by atoms with E-state index in [4.69, 9.17) is 0 Å². The molecule has 0 fully saturated rings. The van der Waals surface area contributed by atoms with Gasteiger partial charge in [-0.1, -0.05) is 21.6 Å². The molecule has 0 aliphatic heterocycles. The first-order chi connectivity index (χ1) is 8.45. The van der Waals surface area contributed by atoms with E-state index in [1.54, 1.807) is 0 Å². The number of quaternary nitrogens is 2. The van der Waals surface area contributed by atoms with Crippen LogP contribution in [0.25, 0.3) is 0 Å². The smallest absolute Gasteiger partial charge is 0.0884 e. The first-order valence-electron chi connectivity index (χ1n) is 7.36. The van der Waals surface area contributed by atoms with Gasteiger partial charge in [-0.25, -0.2) is 0 Å². The Bertz CT molecular complexity index is 189. The lowest BCUT2D eigenvalue weighted by molar-refractivity contribution is -0.903. The Morgan fingerprint density at radius 1 is 0.600 bits per heavy atom. The van der Waals surface area contributed by atoms with Crippen LogP contribution in [-0.4, -0.2) is 73.8 Å². The van der Waals surface area contributed by atoms with E-state index < -0.39 is 0 Å². The summed E-state index contributed by atoms with van der Waals surface area (Å²) in [6, 6.07) is 0. The largest absolute Gasteiger partial charge is 1.00 e. The normalized spacial score (nSPS) is 11.7. The van der Waals surface area contributed by atoms with Gasteiger partial charge in [-0.3, -0.25) is 0 Å². The molecule has 0 aromatic carbocycles. The summed E-state index contributed by atoms with van der Waals surface area (Å²) in [4.78, 5) is 0. The van der Waals surface area contributed by atoms with Crippen LogP contribution < -0.4 is 48.0 Å². The fourth-order valence-corrected chi connectivity index (χ4v) is 4.13. The van der Waals surface area contributed by atoms with Gasteiger partial charge >= 0.3 is 0 Å². The zero-order chi connectivity index (χ0) is 14.1. The van der Waals surface area contributed by atoms with Crippen LogP contribution >= 0.6 is 21.6 Å². The molecule has 0 atom stereocenters. The lowest BCUT2D eigenvalue weighted by atomic mass is 10.4. The minimum absolute atomic E-state index is 0. The molecule has 0 aromatic rings. The van der Waals surface area contributed by atoms with Gasteiger partial charge in [-0.15, -0.1) is 0 Å². The molecule has 0 amide bonds. The highest BCUT2D eigenvalue weighted by Gasteiger charge is 2.17. The Morgan fingerprint density at radius 2 is 0.850 bits per heavy atom. The third-order valence-electron chi connectivity index (χ3n) is 4.57. The first-order valence-corrected chi connectivity index (χ1v) is 9.85. The van der Waals surface area contributed by atoms with Crippen LogP contribution in [0.3, 0.4) is 0 Å². The molecule has 6 heteroatoms. The third-order valence-corrected chi connectivity index (χ3v) is 6.93. The SMILES string of the molecule is CC[N+](C)(CC)CCSSCC[N+](C)(CC)CC.[I-].[I-]. The Labute approximate surface area is 169 Å². The molecule has 0 spiro atoms. The summed E-state index contributed by atoms with van der Waals surface area (Å²) in [5, 5.41) is 0. The van der Waals surface area contributed by atoms with Gasteiger partial charge < -0.3 is 56.9 Å². The van der Waals surface area contributed by atoms with E-state index >= 15 is 0 Å². The molecule has 0 saturated carbocycles. The standard InChI is InChI=1S/C14H34N2S2.2HI/c1-7-15(5,8-2)11-13-17-18-14-12-16(6,9-3)10-4;;/h7-14H2,1-6H3;2*1H/q+2;;/p-2. The van der Waals surface area contributed by atoms with Crippen LogP contribution in [0.4, 0.5) is 0 Å². The number of halogens is 2. The van der Waals surface area contributed by atoms with E-state index in [0.717, 1.165) is 0 Å². The molecule has 20 heavy (non-hydrogen) atoms. The molecule has 0 aliphatic rings. The molecule has 0 N–H and O–H groups in total. The second-order valence-corrected chi connectivity index (χ2v) is 8.30. The lowest BCUT2D eigenvalue weighted by Gasteiger charge is -2.32. The van der Waals surface area contributed by atoms with Crippen molar-refractivity contribution in [2.24, 2.45) is 0 Å². The highest BCUT2D eigenvalue weighted by Crippen LogP contribution is 2.22. The van der Waals surface area contributed by atoms with Gasteiger partial charge in [-0.05, 0) is 27.7 Å². The molecule has 0 saturated heterocycles. The molecule has 0 aromatic heterocycles. The Balaban J connectivity index is -0.00000144. The van der Waals surface area contributed by atoms with Crippen molar-refractivity contribution in [3.05, 3.63) is 0 Å². The zero-order valence-electron chi connectivity index (χ0n) is 14.1. The summed E-state index contributed by atoms with van der Waals surface area (Å²) < 4.78 is 2.43. The van der Waals surface area contributed by atoms with Crippen LogP contribution in [0.2, 0.25) is 0 Å². The minimum Gasteiger partial charge on any atom is -1.00 e. The quantitative estimate of drug-likeness (QED) is 0.120. The molecular formula is C14H34I2N2S2. The second kappa shape index (κ2) is 14.7. The summed E-state index contributed by atoms with van der Waals surface area (Å²) in [6.45, 7) is 16.8. The average molecular weight is 548 g/mol. The van der Waals surface area contributed by atoms with Crippen molar-refractivity contribution >= 4 is 21.6 Å². The maximum absolute atomic E-state index is 2.37. The molecule has 0 unspecified atom stereocenters. The van der Waals surface area contributed by atoms with Crippen molar-refractivity contribution in [1.29, 1.82) is 0 Å². The van der Waals surface area contributed by atoms with Crippen LogP contribution in [-0.2, 0) is 0 Å². The van der Waals surface area contributed by atoms with Crippen LogP contribution in [0.15, 0.2) is 0 Å². The number of hydrogen-bond donors (Lipinski definition) is 0. The number of nitrogens with zero attached hydrogens (tertiary/aromatic N) is 2. The van der Waals surface area contributed by atoms with E-state index in [9.17, 15) is 0 Å². The van der Waals surface area contributed by atoms with Crippen LogP contribution in [0.1, 0.15) is 27.7 Å². The molecule has 0 heterocycles. The summed E-state index contributed by atoms with van der Waals surface area (Å²) in [5.74, 6) is 2.57. The highest BCUT2D eigenvalue weighted by atomic mass is 127. The maximum atomic E-state index is 2.37. The summed E-state index contributed by atoms with van der Waals surface area (Å²) >= 11 is 0. The fourth-order valence-electron chi connectivity index (χ4n) is 1.71. The Morgan fingerprint density at radius 3 is 1.05 bits per heavy atom. The van der Waals surface area contributed by atoms with Crippen molar-refractivity contribution in [3.8, 4) is 0 Å². The molecule has 0 bridgehead atoms. The molecule has 0 radical (unpaired) electrons. The van der Waals surface area contributed by atoms with E-state index in [2.05, 4.69) is 63.4 Å². The van der Waals surface area contributed by atoms with E-state index in [1.165, 1.54) is 59.7 Å². The average Bonchev–Trinajstić information content (AvgIpc) is 2.42. The molecular weight excluding hydrogens is 514 g/mol.